The Labute approximate surface area is 76.8 Å². The highest BCUT2D eigenvalue weighted by molar-refractivity contribution is 5.94. The van der Waals surface area contributed by atoms with Crippen LogP contribution in [0.25, 0.3) is 0 Å². The summed E-state index contributed by atoms with van der Waals surface area (Å²) in [6.07, 6.45) is 1.63. The molecule has 66 valence electrons. The van der Waals surface area contributed by atoms with Gasteiger partial charge in [-0.05, 0) is 17.7 Å². The quantitative estimate of drug-likeness (QED) is 0.638. The predicted molar refractivity (Wildman–Crippen MR) is 49.8 cm³/mol. The van der Waals surface area contributed by atoms with Crippen LogP contribution in [0.2, 0.25) is 0 Å². The summed E-state index contributed by atoms with van der Waals surface area (Å²) < 4.78 is 5.44. The first kappa shape index (κ1) is 8.05. The molecule has 13 heavy (non-hydrogen) atoms. The van der Waals surface area contributed by atoms with Gasteiger partial charge in [-0.3, -0.25) is 4.79 Å². The fourth-order valence-electron chi connectivity index (χ4n) is 1.47. The molecule has 0 aliphatic carbocycles. The lowest BCUT2D eigenvalue weighted by atomic mass is 10.1. The number of hydrogen-bond acceptors (Lipinski definition) is 2. The summed E-state index contributed by atoms with van der Waals surface area (Å²) in [6, 6.07) is 7.71. The second-order valence-corrected chi connectivity index (χ2v) is 3.02. The van der Waals surface area contributed by atoms with E-state index in [1.165, 1.54) is 6.08 Å². The molecule has 0 spiro atoms. The molecular weight excluding hydrogens is 164 g/mol. The van der Waals surface area contributed by atoms with Crippen molar-refractivity contribution in [2.45, 2.75) is 12.5 Å². The number of para-hydroxylation sites is 1. The van der Waals surface area contributed by atoms with Gasteiger partial charge in [0.15, 0.2) is 11.9 Å². The van der Waals surface area contributed by atoms with Crippen LogP contribution in [0, 0.1) is 0 Å². The third kappa shape index (κ3) is 1.35. The normalized spacial score (nSPS) is 18.9. The first-order valence-electron chi connectivity index (χ1n) is 4.22. The van der Waals surface area contributed by atoms with Crippen molar-refractivity contribution in [2.24, 2.45) is 0 Å². The Bertz CT molecular complexity index is 330. The van der Waals surface area contributed by atoms with Crippen molar-refractivity contribution in [1.29, 1.82) is 0 Å². The molecule has 2 heteroatoms. The first-order valence-corrected chi connectivity index (χ1v) is 4.22. The molecule has 0 bridgehead atoms. The fourth-order valence-corrected chi connectivity index (χ4v) is 1.47. The lowest BCUT2D eigenvalue weighted by Gasteiger charge is -2.04. The van der Waals surface area contributed by atoms with Crippen LogP contribution in [0.3, 0.4) is 0 Å². The zero-order valence-electron chi connectivity index (χ0n) is 7.19. The summed E-state index contributed by atoms with van der Waals surface area (Å²) in [4.78, 5) is 11.2. The van der Waals surface area contributed by atoms with Gasteiger partial charge in [0.2, 0.25) is 0 Å². The number of fused-ring (bicyclic) bond motifs is 1. The number of ketones is 1. The maximum Gasteiger partial charge on any atom is 0.195 e. The standard InChI is InChI=1S/C11H10O2/c1-2-9(12)11-7-8-5-3-4-6-10(8)13-11/h2-6,11H,1,7H2. The largest absolute Gasteiger partial charge is 0.482 e. The lowest BCUT2D eigenvalue weighted by molar-refractivity contribution is -0.120. The van der Waals surface area contributed by atoms with Crippen LogP contribution in [0.4, 0.5) is 0 Å². The van der Waals surface area contributed by atoms with Crippen LogP contribution in [0.15, 0.2) is 36.9 Å². The first-order chi connectivity index (χ1) is 6.31. The van der Waals surface area contributed by atoms with E-state index in [1.807, 2.05) is 24.3 Å². The second-order valence-electron chi connectivity index (χ2n) is 3.02. The highest BCUT2D eigenvalue weighted by atomic mass is 16.5. The van der Waals surface area contributed by atoms with E-state index in [0.29, 0.717) is 6.42 Å². The van der Waals surface area contributed by atoms with Gasteiger partial charge in [-0.25, -0.2) is 0 Å². The Kier molecular flexibility index (Phi) is 1.89. The minimum atomic E-state index is -0.352. The van der Waals surface area contributed by atoms with Gasteiger partial charge in [0, 0.05) is 6.42 Å². The molecule has 1 aromatic carbocycles. The summed E-state index contributed by atoms with van der Waals surface area (Å²) in [6.45, 7) is 3.44. The highest BCUT2D eigenvalue weighted by Crippen LogP contribution is 2.28. The van der Waals surface area contributed by atoms with Crippen LogP contribution in [0.1, 0.15) is 5.56 Å². The van der Waals surface area contributed by atoms with Gasteiger partial charge >= 0.3 is 0 Å². The van der Waals surface area contributed by atoms with E-state index in [2.05, 4.69) is 6.58 Å². The van der Waals surface area contributed by atoms with Gasteiger partial charge in [-0.15, -0.1) is 0 Å². The second kappa shape index (κ2) is 3.05. The van der Waals surface area contributed by atoms with Crippen LogP contribution in [-0.2, 0) is 11.2 Å². The summed E-state index contributed by atoms with van der Waals surface area (Å²) in [5, 5.41) is 0. The Morgan fingerprint density at radius 3 is 3.00 bits per heavy atom. The van der Waals surface area contributed by atoms with Crippen LogP contribution >= 0.6 is 0 Å². The van der Waals surface area contributed by atoms with Crippen molar-refractivity contribution < 1.29 is 9.53 Å². The molecule has 0 saturated heterocycles. The van der Waals surface area contributed by atoms with Gasteiger partial charge in [-0.2, -0.15) is 0 Å². The molecule has 0 N–H and O–H groups in total. The van der Waals surface area contributed by atoms with Crippen molar-refractivity contribution in [3.05, 3.63) is 42.5 Å². The van der Waals surface area contributed by atoms with Gasteiger partial charge < -0.3 is 4.74 Å². The molecule has 0 fully saturated rings. The smallest absolute Gasteiger partial charge is 0.195 e. The van der Waals surface area contributed by atoms with Crippen molar-refractivity contribution in [3.63, 3.8) is 0 Å². The molecule has 0 amide bonds. The number of hydrogen-bond donors (Lipinski definition) is 0. The van der Waals surface area contributed by atoms with E-state index in [4.69, 9.17) is 4.74 Å². The number of rotatable bonds is 2. The minimum Gasteiger partial charge on any atom is -0.482 e. The summed E-state index contributed by atoms with van der Waals surface area (Å²) in [5.74, 6) is 0.777. The molecule has 2 nitrogen and oxygen atoms in total. The van der Waals surface area contributed by atoms with Gasteiger partial charge in [0.05, 0.1) is 0 Å². The third-order valence-electron chi connectivity index (χ3n) is 2.17. The maximum atomic E-state index is 11.2. The topological polar surface area (TPSA) is 26.3 Å². The van der Waals surface area contributed by atoms with Crippen LogP contribution in [0.5, 0.6) is 5.75 Å². The molecule has 2 rings (SSSR count). The van der Waals surface area contributed by atoms with E-state index in [0.717, 1.165) is 11.3 Å². The number of ether oxygens (including phenoxy) is 1. The summed E-state index contributed by atoms with van der Waals surface area (Å²) in [5.41, 5.74) is 1.10. The molecule has 1 aliphatic heterocycles. The molecule has 1 unspecified atom stereocenters. The van der Waals surface area contributed by atoms with E-state index in [-0.39, 0.29) is 11.9 Å². The summed E-state index contributed by atoms with van der Waals surface area (Å²) in [7, 11) is 0. The van der Waals surface area contributed by atoms with Crippen LogP contribution in [-0.4, -0.2) is 11.9 Å². The van der Waals surface area contributed by atoms with E-state index in [9.17, 15) is 4.79 Å². The van der Waals surface area contributed by atoms with Crippen molar-refractivity contribution in [1.82, 2.24) is 0 Å². The Hall–Kier alpha value is -1.57. The zero-order valence-corrected chi connectivity index (χ0v) is 7.19. The Morgan fingerprint density at radius 1 is 1.54 bits per heavy atom. The number of carbonyl (C=O) groups is 1. The SMILES string of the molecule is C=CC(=O)C1Cc2ccccc2O1. The maximum absolute atomic E-state index is 11.2. The number of benzene rings is 1. The summed E-state index contributed by atoms with van der Waals surface area (Å²) >= 11 is 0. The average Bonchev–Trinajstić information content (AvgIpc) is 2.59. The monoisotopic (exact) mass is 174 g/mol. The molecule has 0 radical (unpaired) electrons. The highest BCUT2D eigenvalue weighted by Gasteiger charge is 2.26. The van der Waals surface area contributed by atoms with Crippen molar-refractivity contribution in [2.75, 3.05) is 0 Å². The van der Waals surface area contributed by atoms with Crippen LogP contribution < -0.4 is 4.74 Å². The predicted octanol–water partition coefficient (Wildman–Crippen LogP) is 1.75. The van der Waals surface area contributed by atoms with Gasteiger partial charge in [-0.1, -0.05) is 24.8 Å². The average molecular weight is 174 g/mol. The number of carbonyl (C=O) groups excluding carboxylic acids is 1. The zero-order chi connectivity index (χ0) is 9.26. The van der Waals surface area contributed by atoms with E-state index in [1.54, 1.807) is 0 Å². The molecular formula is C11H10O2. The van der Waals surface area contributed by atoms with Crippen molar-refractivity contribution >= 4 is 5.78 Å². The van der Waals surface area contributed by atoms with E-state index >= 15 is 0 Å². The molecule has 1 aromatic rings. The molecule has 0 aromatic heterocycles. The van der Waals surface area contributed by atoms with E-state index < -0.39 is 0 Å². The van der Waals surface area contributed by atoms with Gasteiger partial charge in [0.1, 0.15) is 5.75 Å². The third-order valence-corrected chi connectivity index (χ3v) is 2.17. The molecule has 1 atom stereocenters. The van der Waals surface area contributed by atoms with Crippen molar-refractivity contribution in [3.8, 4) is 5.75 Å². The van der Waals surface area contributed by atoms with Gasteiger partial charge in [0.25, 0.3) is 0 Å². The lowest BCUT2D eigenvalue weighted by Crippen LogP contribution is -2.22. The minimum absolute atomic E-state index is 0.0452. The Morgan fingerprint density at radius 2 is 2.31 bits per heavy atom. The molecule has 0 saturated carbocycles. The fraction of sp³-hybridized carbons (Fsp3) is 0.182. The molecule has 1 aliphatic rings. The Balaban J connectivity index is 2.23. The molecule has 1 heterocycles.